The Kier molecular flexibility index (Phi) is 4.26. The van der Waals surface area contributed by atoms with Gasteiger partial charge in [0.1, 0.15) is 0 Å². The second-order valence-corrected chi connectivity index (χ2v) is 5.28. The summed E-state index contributed by atoms with van der Waals surface area (Å²) < 4.78 is 7.85. The smallest absolute Gasteiger partial charge is 0.195 e. The normalized spacial score (nSPS) is 12.8. The molecular weight excluding hydrogens is 268 g/mol. The Balaban J connectivity index is 2.51. The van der Waals surface area contributed by atoms with Crippen LogP contribution in [-0.2, 0) is 11.3 Å². The van der Waals surface area contributed by atoms with Crippen molar-refractivity contribution in [3.63, 3.8) is 0 Å². The first-order valence-corrected chi connectivity index (χ1v) is 7.06. The van der Waals surface area contributed by atoms with E-state index in [9.17, 15) is 0 Å². The molecule has 2 heterocycles. The Morgan fingerprint density at radius 1 is 1.61 bits per heavy atom. The van der Waals surface area contributed by atoms with Gasteiger partial charge in [-0.2, -0.15) is 5.10 Å². The van der Waals surface area contributed by atoms with Crippen molar-refractivity contribution in [3.05, 3.63) is 16.0 Å². The molecule has 98 valence electrons. The van der Waals surface area contributed by atoms with Gasteiger partial charge in [-0.25, -0.2) is 4.98 Å². The number of aromatic nitrogens is 4. The van der Waals surface area contributed by atoms with Crippen LogP contribution in [-0.4, -0.2) is 26.9 Å². The van der Waals surface area contributed by atoms with Crippen LogP contribution in [0.3, 0.4) is 0 Å². The molecule has 0 bridgehead atoms. The zero-order valence-corrected chi connectivity index (χ0v) is 12.3. The topological polar surface area (TPSA) is 55.7 Å². The molecule has 1 unspecified atom stereocenters. The summed E-state index contributed by atoms with van der Waals surface area (Å²) in [7, 11) is 1.66. The molecule has 2 aromatic heterocycles. The lowest BCUT2D eigenvalue weighted by atomic mass is 10.2. The first-order chi connectivity index (χ1) is 8.69. The van der Waals surface area contributed by atoms with Crippen LogP contribution < -0.4 is 0 Å². The quantitative estimate of drug-likeness (QED) is 0.857. The highest BCUT2D eigenvalue weighted by molar-refractivity contribution is 7.71. The highest BCUT2D eigenvalue weighted by atomic mass is 32.1. The molecule has 0 saturated heterocycles. The monoisotopic (exact) mass is 284 g/mol. The Bertz CT molecular complexity index is 572. The Hall–Kier alpha value is -1.05. The lowest BCUT2D eigenvalue weighted by molar-refractivity contribution is 0.182. The molecule has 0 amide bonds. The van der Waals surface area contributed by atoms with Gasteiger partial charge in [0.05, 0.1) is 22.7 Å². The highest BCUT2D eigenvalue weighted by Crippen LogP contribution is 2.29. The SMILES string of the molecule is CCC(C)n1c(-c2scnc2COC)n[nH]c1=S. The van der Waals surface area contributed by atoms with E-state index in [1.54, 1.807) is 18.4 Å². The van der Waals surface area contributed by atoms with Crippen LogP contribution in [0.25, 0.3) is 10.7 Å². The number of rotatable bonds is 5. The van der Waals surface area contributed by atoms with E-state index in [-0.39, 0.29) is 0 Å². The van der Waals surface area contributed by atoms with Crippen molar-refractivity contribution in [3.8, 4) is 10.7 Å². The lowest BCUT2D eigenvalue weighted by Gasteiger charge is -2.12. The largest absolute Gasteiger partial charge is 0.378 e. The molecule has 1 N–H and O–H groups in total. The second kappa shape index (κ2) is 5.73. The minimum Gasteiger partial charge on any atom is -0.378 e. The van der Waals surface area contributed by atoms with Crippen LogP contribution in [0.2, 0.25) is 0 Å². The molecule has 2 aromatic rings. The van der Waals surface area contributed by atoms with Crippen molar-refractivity contribution in [2.45, 2.75) is 32.9 Å². The number of ether oxygens (including phenoxy) is 1. The van der Waals surface area contributed by atoms with Gasteiger partial charge < -0.3 is 4.74 Å². The first kappa shape index (κ1) is 13.4. The first-order valence-electron chi connectivity index (χ1n) is 5.77. The number of H-pyrrole nitrogens is 1. The molecule has 0 spiro atoms. The van der Waals surface area contributed by atoms with E-state index < -0.39 is 0 Å². The molecule has 2 rings (SSSR count). The number of hydrogen-bond acceptors (Lipinski definition) is 5. The zero-order valence-electron chi connectivity index (χ0n) is 10.6. The van der Waals surface area contributed by atoms with Crippen LogP contribution in [0.4, 0.5) is 0 Å². The van der Waals surface area contributed by atoms with E-state index in [4.69, 9.17) is 17.0 Å². The average molecular weight is 284 g/mol. The summed E-state index contributed by atoms with van der Waals surface area (Å²) in [4.78, 5) is 5.33. The van der Waals surface area contributed by atoms with Crippen molar-refractivity contribution < 1.29 is 4.74 Å². The molecule has 7 heteroatoms. The average Bonchev–Trinajstić information content (AvgIpc) is 2.95. The van der Waals surface area contributed by atoms with Crippen molar-refractivity contribution in [1.29, 1.82) is 0 Å². The minimum absolute atomic E-state index is 0.309. The van der Waals surface area contributed by atoms with Gasteiger partial charge in [-0.3, -0.25) is 9.67 Å². The minimum atomic E-state index is 0.309. The maximum absolute atomic E-state index is 5.30. The predicted molar refractivity (Wildman–Crippen MR) is 74.2 cm³/mol. The van der Waals surface area contributed by atoms with E-state index in [2.05, 4.69) is 29.0 Å². The third-order valence-electron chi connectivity index (χ3n) is 2.86. The number of methoxy groups -OCH3 is 1. The molecule has 1 atom stereocenters. The van der Waals surface area contributed by atoms with Gasteiger partial charge in [-0.15, -0.1) is 11.3 Å². The van der Waals surface area contributed by atoms with Gasteiger partial charge in [-0.05, 0) is 25.6 Å². The number of nitrogens with zero attached hydrogens (tertiary/aromatic N) is 3. The fraction of sp³-hybridized carbons (Fsp3) is 0.545. The summed E-state index contributed by atoms with van der Waals surface area (Å²) in [5.41, 5.74) is 2.71. The van der Waals surface area contributed by atoms with E-state index in [1.165, 1.54) is 0 Å². The summed E-state index contributed by atoms with van der Waals surface area (Å²) >= 11 is 6.85. The van der Waals surface area contributed by atoms with Gasteiger partial charge in [0.2, 0.25) is 0 Å². The van der Waals surface area contributed by atoms with Gasteiger partial charge in [0, 0.05) is 13.2 Å². The summed E-state index contributed by atoms with van der Waals surface area (Å²) in [5.74, 6) is 0.851. The standard InChI is InChI=1S/C11H16N4OS2/c1-4-7(2)15-10(13-14-11(15)17)9-8(5-16-3)12-6-18-9/h6-7H,4-5H2,1-3H3,(H,14,17). The number of thiazole rings is 1. The van der Waals surface area contributed by atoms with Crippen molar-refractivity contribution in [1.82, 2.24) is 19.7 Å². The summed E-state index contributed by atoms with van der Waals surface area (Å²) in [6.45, 7) is 4.75. The van der Waals surface area contributed by atoms with E-state index in [0.29, 0.717) is 17.4 Å². The fourth-order valence-corrected chi connectivity index (χ4v) is 2.84. The lowest BCUT2D eigenvalue weighted by Crippen LogP contribution is -2.06. The molecule has 5 nitrogen and oxygen atoms in total. The predicted octanol–water partition coefficient (Wildman–Crippen LogP) is 3.18. The van der Waals surface area contributed by atoms with Crippen LogP contribution >= 0.6 is 23.6 Å². The van der Waals surface area contributed by atoms with Crippen molar-refractivity contribution in [2.24, 2.45) is 0 Å². The van der Waals surface area contributed by atoms with Gasteiger partial charge in [-0.1, -0.05) is 6.92 Å². The van der Waals surface area contributed by atoms with Crippen molar-refractivity contribution in [2.75, 3.05) is 7.11 Å². The summed E-state index contributed by atoms with van der Waals surface area (Å²) in [6.07, 6.45) is 0.999. The Morgan fingerprint density at radius 3 is 3.06 bits per heavy atom. The fourth-order valence-electron chi connectivity index (χ4n) is 1.75. The molecule has 0 aliphatic carbocycles. The van der Waals surface area contributed by atoms with Crippen LogP contribution in [0.15, 0.2) is 5.51 Å². The molecule has 0 fully saturated rings. The maximum atomic E-state index is 5.30. The number of aromatic amines is 1. The third kappa shape index (κ3) is 2.38. The van der Waals surface area contributed by atoms with Gasteiger partial charge in [0.25, 0.3) is 0 Å². The molecule has 0 saturated carbocycles. The van der Waals surface area contributed by atoms with Crippen molar-refractivity contribution >= 4 is 23.6 Å². The molecule has 0 aliphatic rings. The summed E-state index contributed by atoms with van der Waals surface area (Å²) in [6, 6.07) is 0.309. The van der Waals surface area contributed by atoms with Crippen LogP contribution in [0, 0.1) is 4.77 Å². The number of nitrogens with one attached hydrogen (secondary N) is 1. The van der Waals surface area contributed by atoms with Crippen LogP contribution in [0.1, 0.15) is 32.0 Å². The summed E-state index contributed by atoms with van der Waals surface area (Å²) in [5, 5.41) is 7.19. The van der Waals surface area contributed by atoms with E-state index in [1.807, 2.05) is 10.1 Å². The third-order valence-corrected chi connectivity index (χ3v) is 4.01. The number of hydrogen-bond donors (Lipinski definition) is 1. The van der Waals surface area contributed by atoms with E-state index >= 15 is 0 Å². The molecular formula is C11H16N4OS2. The Morgan fingerprint density at radius 2 is 2.39 bits per heavy atom. The maximum Gasteiger partial charge on any atom is 0.195 e. The highest BCUT2D eigenvalue weighted by Gasteiger charge is 2.18. The van der Waals surface area contributed by atoms with Crippen LogP contribution in [0.5, 0.6) is 0 Å². The zero-order chi connectivity index (χ0) is 13.1. The second-order valence-electron chi connectivity index (χ2n) is 4.04. The van der Waals surface area contributed by atoms with E-state index in [0.717, 1.165) is 22.8 Å². The molecule has 18 heavy (non-hydrogen) atoms. The molecule has 0 aliphatic heterocycles. The molecule has 0 radical (unpaired) electrons. The van der Waals surface area contributed by atoms with Gasteiger partial charge >= 0.3 is 0 Å². The Labute approximate surface area is 115 Å². The van der Waals surface area contributed by atoms with Gasteiger partial charge in [0.15, 0.2) is 10.6 Å². The molecule has 0 aromatic carbocycles.